The summed E-state index contributed by atoms with van der Waals surface area (Å²) in [6.07, 6.45) is 3.71. The maximum atomic E-state index is 5.54. The van der Waals surface area contributed by atoms with Gasteiger partial charge in [0.05, 0.1) is 6.61 Å². The fraction of sp³-hybridized carbons (Fsp3) is 0.600. The van der Waals surface area contributed by atoms with Crippen molar-refractivity contribution in [3.63, 3.8) is 0 Å². The molecule has 2 heterocycles. The van der Waals surface area contributed by atoms with Gasteiger partial charge in [-0.3, -0.25) is 0 Å². The summed E-state index contributed by atoms with van der Waals surface area (Å²) in [5.74, 6) is 0.602. The zero-order chi connectivity index (χ0) is 11.7. The van der Waals surface area contributed by atoms with E-state index in [1.807, 2.05) is 0 Å². The van der Waals surface area contributed by atoms with Crippen molar-refractivity contribution in [1.29, 1.82) is 0 Å². The molecule has 2 unspecified atom stereocenters. The third kappa shape index (κ3) is 2.00. The van der Waals surface area contributed by atoms with E-state index in [2.05, 4.69) is 36.5 Å². The molecule has 2 fully saturated rings. The highest BCUT2D eigenvalue weighted by atomic mass is 16.5. The highest BCUT2D eigenvalue weighted by molar-refractivity contribution is 5.37. The Morgan fingerprint density at radius 2 is 2.24 bits per heavy atom. The number of benzene rings is 1. The summed E-state index contributed by atoms with van der Waals surface area (Å²) in [6, 6.07) is 8.92. The Morgan fingerprint density at radius 1 is 1.35 bits per heavy atom. The number of hydrogen-bond donors (Lipinski definition) is 1. The van der Waals surface area contributed by atoms with Crippen molar-refractivity contribution in [1.82, 2.24) is 5.32 Å². The largest absolute Gasteiger partial charge is 0.381 e. The molecule has 2 atom stereocenters. The second-order valence-corrected chi connectivity index (χ2v) is 5.51. The zero-order valence-electron chi connectivity index (χ0n) is 10.5. The average molecular weight is 231 g/mol. The van der Waals surface area contributed by atoms with Crippen LogP contribution in [0.25, 0.3) is 0 Å². The Morgan fingerprint density at radius 3 is 2.94 bits per heavy atom. The number of nitrogens with one attached hydrogen (secondary N) is 1. The van der Waals surface area contributed by atoms with Crippen LogP contribution in [0, 0.1) is 0 Å². The lowest BCUT2D eigenvalue weighted by atomic mass is 9.82. The summed E-state index contributed by atoms with van der Waals surface area (Å²) < 4.78 is 5.54. The van der Waals surface area contributed by atoms with Gasteiger partial charge in [-0.2, -0.15) is 0 Å². The van der Waals surface area contributed by atoms with Crippen LogP contribution in [0.3, 0.4) is 0 Å². The molecular weight excluding hydrogens is 210 g/mol. The highest BCUT2D eigenvalue weighted by Gasteiger charge is 2.33. The number of ether oxygens (including phenoxy) is 1. The van der Waals surface area contributed by atoms with Gasteiger partial charge >= 0.3 is 0 Å². The minimum absolute atomic E-state index is 0.180. The third-order valence-electron chi connectivity index (χ3n) is 4.29. The molecule has 2 heteroatoms. The lowest BCUT2D eigenvalue weighted by Crippen LogP contribution is -2.34. The quantitative estimate of drug-likeness (QED) is 0.845. The normalized spacial score (nSPS) is 33.1. The van der Waals surface area contributed by atoms with Gasteiger partial charge in [0.15, 0.2) is 0 Å². The first-order chi connectivity index (χ1) is 8.30. The second kappa shape index (κ2) is 4.43. The van der Waals surface area contributed by atoms with E-state index >= 15 is 0 Å². The molecule has 0 radical (unpaired) electrons. The molecule has 1 N–H and O–H groups in total. The summed E-state index contributed by atoms with van der Waals surface area (Å²) in [5, 5.41) is 3.67. The Hall–Kier alpha value is -0.860. The van der Waals surface area contributed by atoms with Crippen molar-refractivity contribution in [3.05, 3.63) is 35.4 Å². The van der Waals surface area contributed by atoms with Gasteiger partial charge in [-0.05, 0) is 43.9 Å². The molecule has 0 amide bonds. The number of hydrogen-bond acceptors (Lipinski definition) is 2. The molecule has 0 spiro atoms. The molecule has 3 rings (SSSR count). The maximum absolute atomic E-state index is 5.54. The molecule has 0 aromatic heterocycles. The summed E-state index contributed by atoms with van der Waals surface area (Å²) >= 11 is 0. The maximum Gasteiger partial charge on any atom is 0.0535 e. The molecule has 0 aliphatic carbocycles. The van der Waals surface area contributed by atoms with Crippen LogP contribution in [0.5, 0.6) is 0 Å². The molecule has 2 saturated heterocycles. The van der Waals surface area contributed by atoms with Crippen LogP contribution in [0.4, 0.5) is 0 Å². The van der Waals surface area contributed by atoms with Crippen LogP contribution in [-0.2, 0) is 10.3 Å². The zero-order valence-corrected chi connectivity index (χ0v) is 10.5. The predicted molar refractivity (Wildman–Crippen MR) is 69.2 cm³/mol. The van der Waals surface area contributed by atoms with Gasteiger partial charge < -0.3 is 10.1 Å². The van der Waals surface area contributed by atoms with Gasteiger partial charge in [-0.1, -0.05) is 24.3 Å². The standard InChI is InChI=1S/C15H21NO/c1-15(8-4-9-16-15)14-6-3-2-5-13(14)12-7-10-17-11-12/h2-3,5-6,12,16H,4,7-11H2,1H3. The van der Waals surface area contributed by atoms with Gasteiger partial charge in [0, 0.05) is 18.1 Å². The molecule has 17 heavy (non-hydrogen) atoms. The van der Waals surface area contributed by atoms with Crippen molar-refractivity contribution in [2.24, 2.45) is 0 Å². The van der Waals surface area contributed by atoms with E-state index in [0.717, 1.165) is 19.8 Å². The van der Waals surface area contributed by atoms with Crippen LogP contribution in [0.15, 0.2) is 24.3 Å². The molecule has 0 saturated carbocycles. The highest BCUT2D eigenvalue weighted by Crippen LogP contribution is 2.37. The topological polar surface area (TPSA) is 21.3 Å². The lowest BCUT2D eigenvalue weighted by Gasteiger charge is -2.29. The second-order valence-electron chi connectivity index (χ2n) is 5.51. The van der Waals surface area contributed by atoms with Crippen molar-refractivity contribution >= 4 is 0 Å². The van der Waals surface area contributed by atoms with Crippen molar-refractivity contribution < 1.29 is 4.74 Å². The van der Waals surface area contributed by atoms with E-state index in [9.17, 15) is 0 Å². The molecule has 2 aliphatic rings. The molecule has 2 aliphatic heterocycles. The first-order valence-corrected chi connectivity index (χ1v) is 6.72. The third-order valence-corrected chi connectivity index (χ3v) is 4.29. The Bertz CT molecular complexity index is 390. The van der Waals surface area contributed by atoms with E-state index in [4.69, 9.17) is 4.74 Å². The summed E-state index contributed by atoms with van der Waals surface area (Å²) in [5.41, 5.74) is 3.18. The smallest absolute Gasteiger partial charge is 0.0535 e. The first-order valence-electron chi connectivity index (χ1n) is 6.72. The van der Waals surface area contributed by atoms with Crippen LogP contribution in [0.2, 0.25) is 0 Å². The van der Waals surface area contributed by atoms with Gasteiger partial charge in [-0.25, -0.2) is 0 Å². The van der Waals surface area contributed by atoms with Crippen LogP contribution in [-0.4, -0.2) is 19.8 Å². The molecule has 2 nitrogen and oxygen atoms in total. The van der Waals surface area contributed by atoms with Crippen LogP contribution >= 0.6 is 0 Å². The van der Waals surface area contributed by atoms with E-state index < -0.39 is 0 Å². The molecular formula is C15H21NO. The summed E-state index contributed by atoms with van der Waals surface area (Å²) in [4.78, 5) is 0. The van der Waals surface area contributed by atoms with Crippen molar-refractivity contribution in [2.45, 2.75) is 37.6 Å². The molecule has 92 valence electrons. The SMILES string of the molecule is CC1(c2ccccc2C2CCOC2)CCCN1. The van der Waals surface area contributed by atoms with Crippen molar-refractivity contribution in [3.8, 4) is 0 Å². The summed E-state index contributed by atoms with van der Waals surface area (Å²) in [7, 11) is 0. The predicted octanol–water partition coefficient (Wildman–Crippen LogP) is 2.79. The van der Waals surface area contributed by atoms with Gasteiger partial charge in [0.25, 0.3) is 0 Å². The van der Waals surface area contributed by atoms with Gasteiger partial charge in [0.2, 0.25) is 0 Å². The van der Waals surface area contributed by atoms with Crippen LogP contribution < -0.4 is 5.32 Å². The minimum atomic E-state index is 0.180. The van der Waals surface area contributed by atoms with E-state index in [0.29, 0.717) is 5.92 Å². The van der Waals surface area contributed by atoms with Gasteiger partial charge in [0.1, 0.15) is 0 Å². The monoisotopic (exact) mass is 231 g/mol. The first kappa shape index (κ1) is 11.2. The minimum Gasteiger partial charge on any atom is -0.381 e. The summed E-state index contributed by atoms with van der Waals surface area (Å²) in [6.45, 7) is 5.30. The Labute approximate surface area is 103 Å². The van der Waals surface area contributed by atoms with E-state index in [1.165, 1.54) is 30.4 Å². The Balaban J connectivity index is 1.97. The molecule has 1 aromatic carbocycles. The number of rotatable bonds is 2. The Kier molecular flexibility index (Phi) is 2.93. The van der Waals surface area contributed by atoms with Crippen LogP contribution in [0.1, 0.15) is 43.2 Å². The van der Waals surface area contributed by atoms with E-state index in [1.54, 1.807) is 0 Å². The average Bonchev–Trinajstić information content (AvgIpc) is 3.00. The molecule has 0 bridgehead atoms. The van der Waals surface area contributed by atoms with Crippen molar-refractivity contribution in [2.75, 3.05) is 19.8 Å². The van der Waals surface area contributed by atoms with E-state index in [-0.39, 0.29) is 5.54 Å². The van der Waals surface area contributed by atoms with Gasteiger partial charge in [-0.15, -0.1) is 0 Å². The fourth-order valence-corrected chi connectivity index (χ4v) is 3.26. The lowest BCUT2D eigenvalue weighted by molar-refractivity contribution is 0.193. The fourth-order valence-electron chi connectivity index (χ4n) is 3.26. The molecule has 1 aromatic rings.